The number of benzene rings is 1. The SMILES string of the molecule is C#CCn1c(CCCNC(=O)COC)nc2ccccc21. The predicted octanol–water partition coefficient (Wildman–Crippen LogP) is 1.36. The van der Waals surface area contributed by atoms with Crippen LogP contribution in [0.3, 0.4) is 0 Å². The maximum absolute atomic E-state index is 11.3. The lowest BCUT2D eigenvalue weighted by molar-refractivity contribution is -0.124. The highest BCUT2D eigenvalue weighted by atomic mass is 16.5. The van der Waals surface area contributed by atoms with Crippen molar-refractivity contribution >= 4 is 16.9 Å². The van der Waals surface area contributed by atoms with Crippen molar-refractivity contribution in [3.05, 3.63) is 30.1 Å². The van der Waals surface area contributed by atoms with Gasteiger partial charge in [-0.05, 0) is 18.6 Å². The topological polar surface area (TPSA) is 56.2 Å². The molecule has 0 aliphatic carbocycles. The number of ether oxygens (including phenoxy) is 1. The smallest absolute Gasteiger partial charge is 0.245 e. The summed E-state index contributed by atoms with van der Waals surface area (Å²) in [6.45, 7) is 1.20. The highest BCUT2D eigenvalue weighted by molar-refractivity contribution is 5.77. The van der Waals surface area contributed by atoms with Crippen molar-refractivity contribution < 1.29 is 9.53 Å². The van der Waals surface area contributed by atoms with Crippen molar-refractivity contribution in [1.82, 2.24) is 14.9 Å². The summed E-state index contributed by atoms with van der Waals surface area (Å²) in [5, 5.41) is 2.80. The number of aromatic nitrogens is 2. The summed E-state index contributed by atoms with van der Waals surface area (Å²) < 4.78 is 6.81. The number of nitrogens with one attached hydrogen (secondary N) is 1. The Balaban J connectivity index is 2.00. The molecule has 0 bridgehead atoms. The molecule has 1 amide bonds. The maximum Gasteiger partial charge on any atom is 0.245 e. The molecule has 1 heterocycles. The fraction of sp³-hybridized carbons (Fsp3) is 0.375. The average Bonchev–Trinajstić information content (AvgIpc) is 2.83. The Morgan fingerprint density at radius 3 is 3.05 bits per heavy atom. The molecule has 21 heavy (non-hydrogen) atoms. The lowest BCUT2D eigenvalue weighted by atomic mass is 10.3. The Bertz CT molecular complexity index is 655. The molecule has 0 unspecified atom stereocenters. The van der Waals surface area contributed by atoms with E-state index in [2.05, 4.69) is 16.2 Å². The van der Waals surface area contributed by atoms with Gasteiger partial charge >= 0.3 is 0 Å². The Morgan fingerprint density at radius 2 is 2.29 bits per heavy atom. The van der Waals surface area contributed by atoms with Crippen LogP contribution in [0.25, 0.3) is 11.0 Å². The van der Waals surface area contributed by atoms with E-state index in [4.69, 9.17) is 11.2 Å². The van der Waals surface area contributed by atoms with Crippen molar-refractivity contribution in [3.8, 4) is 12.3 Å². The summed E-state index contributed by atoms with van der Waals surface area (Å²) in [5.41, 5.74) is 2.00. The van der Waals surface area contributed by atoms with Crippen LogP contribution in [0.4, 0.5) is 0 Å². The number of amides is 1. The first-order valence-corrected chi connectivity index (χ1v) is 6.89. The first-order valence-electron chi connectivity index (χ1n) is 6.89. The molecule has 0 aliphatic heterocycles. The molecule has 0 saturated heterocycles. The van der Waals surface area contributed by atoms with Crippen molar-refractivity contribution in [2.45, 2.75) is 19.4 Å². The molecule has 1 aromatic carbocycles. The van der Waals surface area contributed by atoms with Gasteiger partial charge in [0, 0.05) is 20.1 Å². The van der Waals surface area contributed by atoms with Gasteiger partial charge in [-0.2, -0.15) is 0 Å². The van der Waals surface area contributed by atoms with E-state index in [0.717, 1.165) is 29.7 Å². The van der Waals surface area contributed by atoms with E-state index in [1.807, 2.05) is 28.8 Å². The fourth-order valence-electron chi connectivity index (χ4n) is 2.24. The van der Waals surface area contributed by atoms with E-state index in [-0.39, 0.29) is 12.5 Å². The number of imidazole rings is 1. The van der Waals surface area contributed by atoms with Gasteiger partial charge in [0.25, 0.3) is 0 Å². The highest BCUT2D eigenvalue weighted by Gasteiger charge is 2.09. The molecule has 0 radical (unpaired) electrons. The van der Waals surface area contributed by atoms with Crippen LogP contribution in [0.5, 0.6) is 0 Å². The third-order valence-corrected chi connectivity index (χ3v) is 3.16. The number of terminal acetylenes is 1. The molecule has 0 spiro atoms. The van der Waals surface area contributed by atoms with E-state index in [1.54, 1.807) is 0 Å². The van der Waals surface area contributed by atoms with Gasteiger partial charge in [0.05, 0.1) is 17.6 Å². The van der Waals surface area contributed by atoms with Crippen LogP contribution in [0.2, 0.25) is 0 Å². The summed E-state index contributed by atoms with van der Waals surface area (Å²) in [6, 6.07) is 7.94. The van der Waals surface area contributed by atoms with Gasteiger partial charge in [-0.15, -0.1) is 6.42 Å². The predicted molar refractivity (Wildman–Crippen MR) is 81.8 cm³/mol. The highest BCUT2D eigenvalue weighted by Crippen LogP contribution is 2.16. The quantitative estimate of drug-likeness (QED) is 0.617. The molecule has 0 saturated carbocycles. The van der Waals surface area contributed by atoms with E-state index in [1.165, 1.54) is 7.11 Å². The molecule has 0 aliphatic rings. The Hall–Kier alpha value is -2.32. The molecule has 110 valence electrons. The third kappa shape index (κ3) is 3.83. The van der Waals surface area contributed by atoms with Crippen LogP contribution in [-0.2, 0) is 22.5 Å². The molecule has 1 aromatic heterocycles. The van der Waals surface area contributed by atoms with Crippen molar-refractivity contribution in [2.24, 2.45) is 0 Å². The van der Waals surface area contributed by atoms with Crippen LogP contribution in [-0.4, -0.2) is 35.7 Å². The number of nitrogens with zero attached hydrogens (tertiary/aromatic N) is 2. The van der Waals surface area contributed by atoms with Crippen LogP contribution in [0.1, 0.15) is 12.2 Å². The molecular formula is C16H19N3O2. The van der Waals surface area contributed by atoms with E-state index in [9.17, 15) is 4.79 Å². The lowest BCUT2D eigenvalue weighted by Crippen LogP contribution is -2.28. The third-order valence-electron chi connectivity index (χ3n) is 3.16. The van der Waals surface area contributed by atoms with Crippen molar-refractivity contribution in [2.75, 3.05) is 20.3 Å². The number of aryl methyl sites for hydroxylation is 1. The monoisotopic (exact) mass is 285 g/mol. The van der Waals surface area contributed by atoms with E-state index < -0.39 is 0 Å². The number of para-hydroxylation sites is 2. The zero-order valence-corrected chi connectivity index (χ0v) is 12.1. The van der Waals surface area contributed by atoms with Crippen LogP contribution in [0.15, 0.2) is 24.3 Å². The summed E-state index contributed by atoms with van der Waals surface area (Å²) in [4.78, 5) is 15.9. The second-order valence-electron chi connectivity index (χ2n) is 4.69. The van der Waals surface area contributed by atoms with Gasteiger partial charge in [-0.3, -0.25) is 4.79 Å². The largest absolute Gasteiger partial charge is 0.375 e. The number of rotatable bonds is 7. The van der Waals surface area contributed by atoms with Crippen molar-refractivity contribution in [3.63, 3.8) is 0 Å². The molecule has 2 rings (SSSR count). The first kappa shape index (κ1) is 15.1. The van der Waals surface area contributed by atoms with Gasteiger partial charge in [0.2, 0.25) is 5.91 Å². The van der Waals surface area contributed by atoms with Gasteiger partial charge in [-0.1, -0.05) is 18.1 Å². The van der Waals surface area contributed by atoms with E-state index >= 15 is 0 Å². The molecular weight excluding hydrogens is 266 g/mol. The van der Waals surface area contributed by atoms with Gasteiger partial charge in [0.15, 0.2) is 0 Å². The molecule has 0 atom stereocenters. The molecule has 5 heteroatoms. The minimum Gasteiger partial charge on any atom is -0.375 e. The van der Waals surface area contributed by atoms with Crippen LogP contribution >= 0.6 is 0 Å². The Labute approximate surface area is 124 Å². The van der Waals surface area contributed by atoms with Gasteiger partial charge in [-0.25, -0.2) is 4.98 Å². The number of hydrogen-bond acceptors (Lipinski definition) is 3. The van der Waals surface area contributed by atoms with Crippen molar-refractivity contribution in [1.29, 1.82) is 0 Å². The summed E-state index contributed by atoms with van der Waals surface area (Å²) in [7, 11) is 1.50. The summed E-state index contributed by atoms with van der Waals surface area (Å²) in [6.07, 6.45) is 7.01. The van der Waals surface area contributed by atoms with Crippen LogP contribution in [0, 0.1) is 12.3 Å². The summed E-state index contributed by atoms with van der Waals surface area (Å²) in [5.74, 6) is 3.52. The van der Waals surface area contributed by atoms with E-state index in [0.29, 0.717) is 13.1 Å². The molecule has 1 N–H and O–H groups in total. The minimum absolute atomic E-state index is 0.0929. The average molecular weight is 285 g/mol. The normalized spacial score (nSPS) is 10.5. The summed E-state index contributed by atoms with van der Waals surface area (Å²) >= 11 is 0. The zero-order valence-electron chi connectivity index (χ0n) is 12.1. The fourth-order valence-corrected chi connectivity index (χ4v) is 2.24. The lowest BCUT2D eigenvalue weighted by Gasteiger charge is -2.06. The number of carbonyl (C=O) groups excluding carboxylic acids is 1. The Morgan fingerprint density at radius 1 is 1.48 bits per heavy atom. The minimum atomic E-state index is -0.102. The van der Waals surface area contributed by atoms with Crippen LogP contribution < -0.4 is 5.32 Å². The zero-order chi connectivity index (χ0) is 15.1. The number of fused-ring (bicyclic) bond motifs is 1. The molecule has 0 fully saturated rings. The second kappa shape index (κ2) is 7.46. The van der Waals surface area contributed by atoms with Gasteiger partial charge in [0.1, 0.15) is 12.4 Å². The standard InChI is InChI=1S/C16H19N3O2/c1-3-11-19-14-8-5-4-7-13(14)18-15(19)9-6-10-17-16(20)12-21-2/h1,4-5,7-8H,6,9-12H2,2H3,(H,17,20). The Kier molecular flexibility index (Phi) is 5.35. The first-order chi connectivity index (χ1) is 10.3. The van der Waals surface area contributed by atoms with Gasteiger partial charge < -0.3 is 14.6 Å². The second-order valence-corrected chi connectivity index (χ2v) is 4.69. The number of methoxy groups -OCH3 is 1. The number of hydrogen-bond donors (Lipinski definition) is 1. The molecule has 2 aromatic rings. The molecule has 5 nitrogen and oxygen atoms in total. The maximum atomic E-state index is 11.3. The number of carbonyl (C=O) groups is 1.